The van der Waals surface area contributed by atoms with Crippen LogP contribution < -0.4 is 10.0 Å². The Bertz CT molecular complexity index is 441. The first kappa shape index (κ1) is 15.6. The SMILES string of the molecule is CCCCNS(=O)(=O)c1csc(CNCCC)c1. The molecule has 0 radical (unpaired) electrons. The smallest absolute Gasteiger partial charge is 0.241 e. The van der Waals surface area contributed by atoms with Crippen molar-refractivity contribution in [1.29, 1.82) is 0 Å². The van der Waals surface area contributed by atoms with E-state index in [1.165, 1.54) is 11.3 Å². The highest BCUT2D eigenvalue weighted by atomic mass is 32.2. The minimum Gasteiger partial charge on any atom is -0.312 e. The van der Waals surface area contributed by atoms with E-state index >= 15 is 0 Å². The summed E-state index contributed by atoms with van der Waals surface area (Å²) in [6.07, 6.45) is 2.93. The second kappa shape index (κ2) is 7.89. The minimum absolute atomic E-state index is 0.386. The molecular weight excluding hydrogens is 268 g/mol. The topological polar surface area (TPSA) is 58.2 Å². The second-order valence-corrected chi connectivity index (χ2v) is 6.94. The Kier molecular flexibility index (Phi) is 6.85. The summed E-state index contributed by atoms with van der Waals surface area (Å²) in [6.45, 7) is 6.35. The molecule has 2 N–H and O–H groups in total. The Hall–Kier alpha value is -0.430. The molecule has 0 bridgehead atoms. The summed E-state index contributed by atoms with van der Waals surface area (Å²) in [6, 6.07) is 1.75. The number of sulfonamides is 1. The molecule has 1 heterocycles. The average molecular weight is 290 g/mol. The third kappa shape index (κ3) is 5.06. The van der Waals surface area contributed by atoms with Crippen molar-refractivity contribution >= 4 is 21.4 Å². The lowest BCUT2D eigenvalue weighted by Crippen LogP contribution is -2.24. The van der Waals surface area contributed by atoms with Crippen LogP contribution >= 0.6 is 11.3 Å². The molecule has 0 saturated heterocycles. The van der Waals surface area contributed by atoms with Gasteiger partial charge in [-0.15, -0.1) is 11.3 Å². The van der Waals surface area contributed by atoms with Gasteiger partial charge >= 0.3 is 0 Å². The van der Waals surface area contributed by atoms with Gasteiger partial charge < -0.3 is 5.32 Å². The lowest BCUT2D eigenvalue weighted by atomic mass is 10.3. The highest BCUT2D eigenvalue weighted by Crippen LogP contribution is 2.19. The van der Waals surface area contributed by atoms with Crippen molar-refractivity contribution in [1.82, 2.24) is 10.0 Å². The summed E-state index contributed by atoms with van der Waals surface area (Å²) in [5, 5.41) is 4.97. The van der Waals surface area contributed by atoms with E-state index < -0.39 is 10.0 Å². The van der Waals surface area contributed by atoms with E-state index in [0.29, 0.717) is 11.4 Å². The van der Waals surface area contributed by atoms with Crippen LogP contribution in [0, 0.1) is 0 Å². The fraction of sp³-hybridized carbons (Fsp3) is 0.667. The maximum Gasteiger partial charge on any atom is 0.241 e. The molecule has 6 heteroatoms. The molecule has 0 unspecified atom stereocenters. The molecule has 0 atom stereocenters. The van der Waals surface area contributed by atoms with Gasteiger partial charge in [-0.05, 0) is 25.5 Å². The van der Waals surface area contributed by atoms with Crippen molar-refractivity contribution in [2.45, 2.75) is 44.6 Å². The molecule has 104 valence electrons. The standard InChI is InChI=1S/C12H22N2O2S2/c1-3-5-7-14-18(15,16)12-8-11(17-10-12)9-13-6-4-2/h8,10,13-14H,3-7,9H2,1-2H3. The normalized spacial score (nSPS) is 11.9. The molecule has 1 aromatic rings. The maximum atomic E-state index is 11.9. The number of rotatable bonds is 9. The van der Waals surface area contributed by atoms with E-state index in [2.05, 4.69) is 17.0 Å². The van der Waals surface area contributed by atoms with Crippen LogP contribution in [0.3, 0.4) is 0 Å². The lowest BCUT2D eigenvalue weighted by Gasteiger charge is -2.03. The Balaban J connectivity index is 2.55. The van der Waals surface area contributed by atoms with Gasteiger partial charge in [-0.3, -0.25) is 0 Å². The average Bonchev–Trinajstić information content (AvgIpc) is 2.79. The minimum atomic E-state index is -3.31. The fourth-order valence-corrected chi connectivity index (χ4v) is 3.77. The van der Waals surface area contributed by atoms with Crippen molar-refractivity contribution in [2.24, 2.45) is 0 Å². The monoisotopic (exact) mass is 290 g/mol. The van der Waals surface area contributed by atoms with E-state index in [9.17, 15) is 8.42 Å². The summed E-state index contributed by atoms with van der Waals surface area (Å²) in [4.78, 5) is 1.44. The van der Waals surface area contributed by atoms with Gasteiger partial charge in [0.2, 0.25) is 10.0 Å². The summed E-state index contributed by atoms with van der Waals surface area (Å²) < 4.78 is 26.5. The predicted octanol–water partition coefficient (Wildman–Crippen LogP) is 2.33. The second-order valence-electron chi connectivity index (χ2n) is 4.18. The molecule has 18 heavy (non-hydrogen) atoms. The van der Waals surface area contributed by atoms with Crippen LogP contribution in [0.5, 0.6) is 0 Å². The first-order valence-electron chi connectivity index (χ1n) is 6.38. The third-order valence-electron chi connectivity index (χ3n) is 2.49. The van der Waals surface area contributed by atoms with E-state index in [0.717, 1.165) is 37.2 Å². The van der Waals surface area contributed by atoms with Crippen LogP contribution in [0.4, 0.5) is 0 Å². The van der Waals surface area contributed by atoms with Gasteiger partial charge in [0, 0.05) is 23.3 Å². The van der Waals surface area contributed by atoms with Crippen molar-refractivity contribution in [3.8, 4) is 0 Å². The van der Waals surface area contributed by atoms with Crippen LogP contribution in [-0.4, -0.2) is 21.5 Å². The van der Waals surface area contributed by atoms with E-state index in [1.807, 2.05) is 6.92 Å². The number of nitrogens with one attached hydrogen (secondary N) is 2. The van der Waals surface area contributed by atoms with Gasteiger partial charge in [-0.2, -0.15) is 0 Å². The highest BCUT2D eigenvalue weighted by Gasteiger charge is 2.15. The van der Waals surface area contributed by atoms with Gasteiger partial charge in [-0.1, -0.05) is 20.3 Å². The van der Waals surface area contributed by atoms with Crippen LogP contribution in [-0.2, 0) is 16.6 Å². The molecule has 1 aromatic heterocycles. The molecule has 0 aliphatic carbocycles. The molecule has 0 fully saturated rings. The first-order valence-corrected chi connectivity index (χ1v) is 8.74. The lowest BCUT2D eigenvalue weighted by molar-refractivity contribution is 0.578. The van der Waals surface area contributed by atoms with Crippen LogP contribution in [0.15, 0.2) is 16.3 Å². The fourth-order valence-electron chi connectivity index (χ4n) is 1.45. The molecule has 1 rings (SSSR count). The summed E-state index contributed by atoms with van der Waals surface area (Å²) in [5.74, 6) is 0. The van der Waals surface area contributed by atoms with Gasteiger partial charge in [-0.25, -0.2) is 13.1 Å². The molecule has 0 aromatic carbocycles. The quantitative estimate of drug-likeness (QED) is 0.686. The van der Waals surface area contributed by atoms with Gasteiger partial charge in [0.25, 0.3) is 0 Å². The summed E-state index contributed by atoms with van der Waals surface area (Å²) >= 11 is 1.48. The molecule has 0 spiro atoms. The van der Waals surface area contributed by atoms with Crippen LogP contribution in [0.25, 0.3) is 0 Å². The molecule has 0 amide bonds. The van der Waals surface area contributed by atoms with Crippen LogP contribution in [0.1, 0.15) is 38.0 Å². The van der Waals surface area contributed by atoms with Gasteiger partial charge in [0.1, 0.15) is 0 Å². The summed E-state index contributed by atoms with van der Waals surface area (Å²) in [7, 11) is -3.31. The highest BCUT2D eigenvalue weighted by molar-refractivity contribution is 7.89. The van der Waals surface area contributed by atoms with Gasteiger partial charge in [0.05, 0.1) is 4.90 Å². The van der Waals surface area contributed by atoms with E-state index in [1.54, 1.807) is 11.4 Å². The number of thiophene rings is 1. The van der Waals surface area contributed by atoms with E-state index in [-0.39, 0.29) is 0 Å². The maximum absolute atomic E-state index is 11.9. The van der Waals surface area contributed by atoms with E-state index in [4.69, 9.17) is 0 Å². The third-order valence-corrected chi connectivity index (χ3v) is 5.01. The Labute approximate surface area is 114 Å². The first-order chi connectivity index (χ1) is 8.60. The van der Waals surface area contributed by atoms with Crippen molar-refractivity contribution in [3.63, 3.8) is 0 Å². The number of hydrogen-bond donors (Lipinski definition) is 2. The zero-order valence-electron chi connectivity index (χ0n) is 11.0. The molecule has 0 saturated carbocycles. The summed E-state index contributed by atoms with van der Waals surface area (Å²) in [5.41, 5.74) is 0. The molecule has 0 aliphatic rings. The molecule has 0 aliphatic heterocycles. The Morgan fingerprint density at radius 3 is 2.67 bits per heavy atom. The van der Waals surface area contributed by atoms with Gasteiger partial charge in [0.15, 0.2) is 0 Å². The van der Waals surface area contributed by atoms with Crippen molar-refractivity contribution < 1.29 is 8.42 Å². The zero-order valence-corrected chi connectivity index (χ0v) is 12.7. The number of hydrogen-bond acceptors (Lipinski definition) is 4. The number of unbranched alkanes of at least 4 members (excludes halogenated alkanes) is 1. The predicted molar refractivity (Wildman–Crippen MR) is 76.4 cm³/mol. The Morgan fingerprint density at radius 1 is 1.22 bits per heavy atom. The van der Waals surface area contributed by atoms with Crippen molar-refractivity contribution in [3.05, 3.63) is 16.3 Å². The zero-order chi connectivity index (χ0) is 13.4. The Morgan fingerprint density at radius 2 is 2.00 bits per heavy atom. The van der Waals surface area contributed by atoms with Crippen molar-refractivity contribution in [2.75, 3.05) is 13.1 Å². The largest absolute Gasteiger partial charge is 0.312 e. The molecule has 4 nitrogen and oxygen atoms in total. The molecular formula is C12H22N2O2S2. The van der Waals surface area contributed by atoms with Crippen LogP contribution in [0.2, 0.25) is 0 Å².